The first-order valence-corrected chi connectivity index (χ1v) is 17.7. The molecule has 262 valence electrons. The summed E-state index contributed by atoms with van der Waals surface area (Å²) in [7, 11) is 1.90. The van der Waals surface area contributed by atoms with Crippen LogP contribution in [0.3, 0.4) is 0 Å². The molecular formula is C37H60O9. The van der Waals surface area contributed by atoms with Crippen LogP contribution in [0.2, 0.25) is 0 Å². The number of aliphatic hydroxyl groups excluding tert-OH is 4. The average Bonchev–Trinajstić information content (AvgIpc) is 2.99. The third kappa shape index (κ3) is 4.84. The van der Waals surface area contributed by atoms with Gasteiger partial charge in [-0.25, -0.2) is 0 Å². The van der Waals surface area contributed by atoms with E-state index in [4.69, 9.17) is 18.9 Å². The fourth-order valence-electron chi connectivity index (χ4n) is 12.4. The molecule has 6 aliphatic rings. The molecule has 15 atom stereocenters. The molecule has 0 aromatic rings. The fraction of sp³-hybridized carbons (Fsp3) is 0.919. The van der Waals surface area contributed by atoms with Crippen molar-refractivity contribution in [3.05, 3.63) is 11.6 Å². The lowest BCUT2D eigenvalue weighted by Gasteiger charge is -2.72. The van der Waals surface area contributed by atoms with Crippen molar-refractivity contribution in [3.63, 3.8) is 0 Å². The van der Waals surface area contributed by atoms with Gasteiger partial charge in [0, 0.05) is 17.9 Å². The van der Waals surface area contributed by atoms with Crippen molar-refractivity contribution >= 4 is 6.47 Å². The van der Waals surface area contributed by atoms with Crippen LogP contribution in [-0.2, 0) is 23.7 Å². The Morgan fingerprint density at radius 3 is 2.22 bits per heavy atom. The Balaban J connectivity index is 1.29. The minimum absolute atomic E-state index is 0.0397. The summed E-state index contributed by atoms with van der Waals surface area (Å²) in [4.78, 5) is 11.0. The second kappa shape index (κ2) is 11.5. The molecule has 5 aliphatic carbocycles. The minimum Gasteiger partial charge on any atom is -0.435 e. The number of allylic oxidation sites excluding steroid dienone is 2. The number of aliphatic hydroxyl groups is 4. The van der Waals surface area contributed by atoms with Crippen molar-refractivity contribution in [1.29, 1.82) is 0 Å². The van der Waals surface area contributed by atoms with Gasteiger partial charge in [-0.1, -0.05) is 60.1 Å². The van der Waals surface area contributed by atoms with Crippen molar-refractivity contribution < 1.29 is 44.2 Å². The maximum Gasteiger partial charge on any atom is 0.295 e. The molecule has 0 radical (unpaired) electrons. The molecule has 4 N–H and O–H groups in total. The molecule has 0 aromatic carbocycles. The lowest BCUT2D eigenvalue weighted by atomic mass is 9.33. The molecule has 8 unspecified atom stereocenters. The smallest absolute Gasteiger partial charge is 0.295 e. The molecule has 6 rings (SSSR count). The van der Waals surface area contributed by atoms with E-state index in [0.717, 1.165) is 38.5 Å². The number of ether oxygens (including phenoxy) is 4. The minimum atomic E-state index is -1.61. The van der Waals surface area contributed by atoms with Crippen LogP contribution in [0.15, 0.2) is 11.6 Å². The third-order valence-corrected chi connectivity index (χ3v) is 15.4. The Kier molecular flexibility index (Phi) is 8.69. The number of fused-ring (bicyclic) bond motifs is 7. The van der Waals surface area contributed by atoms with E-state index in [1.807, 2.05) is 7.11 Å². The molecule has 0 bridgehead atoms. The summed E-state index contributed by atoms with van der Waals surface area (Å²) in [6.07, 6.45) is 4.09. The van der Waals surface area contributed by atoms with Crippen molar-refractivity contribution in [2.75, 3.05) is 13.7 Å². The van der Waals surface area contributed by atoms with E-state index in [2.05, 4.69) is 54.5 Å². The molecular weight excluding hydrogens is 588 g/mol. The number of carbonyl (C=O) groups excluding carboxylic acids is 1. The van der Waals surface area contributed by atoms with E-state index in [-0.39, 0.29) is 52.2 Å². The second-order valence-corrected chi connectivity index (χ2v) is 18.1. The highest BCUT2D eigenvalue weighted by Gasteiger charge is 2.69. The molecule has 0 aromatic heterocycles. The first-order valence-electron chi connectivity index (χ1n) is 17.7. The van der Waals surface area contributed by atoms with Gasteiger partial charge in [0.2, 0.25) is 6.29 Å². The summed E-state index contributed by atoms with van der Waals surface area (Å²) in [5.74, 6) is 1.12. The number of hydrogen-bond donors (Lipinski definition) is 4. The normalized spacial score (nSPS) is 54.7. The molecule has 46 heavy (non-hydrogen) atoms. The monoisotopic (exact) mass is 648 g/mol. The Hall–Kier alpha value is -1.07. The fourth-order valence-corrected chi connectivity index (χ4v) is 12.4. The molecule has 4 saturated carbocycles. The van der Waals surface area contributed by atoms with Crippen LogP contribution in [0.25, 0.3) is 0 Å². The van der Waals surface area contributed by atoms with Gasteiger partial charge in [-0.3, -0.25) is 4.79 Å². The molecule has 1 aliphatic heterocycles. The van der Waals surface area contributed by atoms with Crippen LogP contribution in [0.1, 0.15) is 106 Å². The summed E-state index contributed by atoms with van der Waals surface area (Å²) in [5, 5.41) is 42.9. The lowest BCUT2D eigenvalue weighted by Crippen LogP contribution is -2.66. The molecule has 1 saturated heterocycles. The van der Waals surface area contributed by atoms with Gasteiger partial charge in [-0.15, -0.1) is 0 Å². The van der Waals surface area contributed by atoms with Crippen LogP contribution >= 0.6 is 0 Å². The number of methoxy groups -OCH3 is 1. The summed E-state index contributed by atoms with van der Waals surface area (Å²) >= 11 is 0. The van der Waals surface area contributed by atoms with Crippen LogP contribution < -0.4 is 0 Å². The first kappa shape index (κ1) is 34.8. The largest absolute Gasteiger partial charge is 0.435 e. The Morgan fingerprint density at radius 2 is 1.54 bits per heavy atom. The van der Waals surface area contributed by atoms with Crippen LogP contribution in [0.5, 0.6) is 0 Å². The van der Waals surface area contributed by atoms with Gasteiger partial charge in [0.25, 0.3) is 6.47 Å². The zero-order chi connectivity index (χ0) is 33.7. The van der Waals surface area contributed by atoms with E-state index in [0.29, 0.717) is 18.3 Å². The highest BCUT2D eigenvalue weighted by atomic mass is 16.8. The van der Waals surface area contributed by atoms with Gasteiger partial charge in [0.1, 0.15) is 18.3 Å². The highest BCUT2D eigenvalue weighted by Crippen LogP contribution is 2.75. The van der Waals surface area contributed by atoms with E-state index >= 15 is 0 Å². The molecule has 9 nitrogen and oxygen atoms in total. The number of rotatable bonds is 6. The van der Waals surface area contributed by atoms with Crippen LogP contribution in [0.4, 0.5) is 0 Å². The Labute approximate surface area is 275 Å². The molecule has 9 heteroatoms. The van der Waals surface area contributed by atoms with Crippen LogP contribution in [0, 0.1) is 50.2 Å². The van der Waals surface area contributed by atoms with Crippen LogP contribution in [-0.4, -0.2) is 83.7 Å². The maximum absolute atomic E-state index is 11.6. The Bertz CT molecular complexity index is 1210. The zero-order valence-electron chi connectivity index (χ0n) is 29.3. The van der Waals surface area contributed by atoms with Gasteiger partial charge < -0.3 is 39.4 Å². The number of hydrogen-bond acceptors (Lipinski definition) is 9. The Morgan fingerprint density at radius 1 is 0.848 bits per heavy atom. The average molecular weight is 649 g/mol. The lowest BCUT2D eigenvalue weighted by molar-refractivity contribution is -0.348. The van der Waals surface area contributed by atoms with Crippen molar-refractivity contribution in [2.45, 2.75) is 149 Å². The van der Waals surface area contributed by atoms with Gasteiger partial charge in [0.05, 0.1) is 18.8 Å². The standard InChI is InChI=1S/C37H60O9/c1-32(2)17-22-21-9-10-24-34(4)13-12-25(39)35(5,19-44-30-28(41)27(40)29(42)31(46-30)45-20-38)23(34)11-14-37(24,7)36(21,6)16-15-33(22,3)26(18-32)43-8/h9,20,22-31,39-42H,10-19H2,1-8H3/t22?,23?,24?,25-,26+,27?,28?,29?,30?,31?,33+,34-,35+,36+,37+/m0/s1. The predicted octanol–water partition coefficient (Wildman–Crippen LogP) is 4.73. The van der Waals surface area contributed by atoms with E-state index in [1.165, 1.54) is 12.8 Å². The first-order chi connectivity index (χ1) is 21.4. The van der Waals surface area contributed by atoms with Crippen molar-refractivity contribution in [3.8, 4) is 0 Å². The second-order valence-electron chi connectivity index (χ2n) is 18.1. The van der Waals surface area contributed by atoms with Crippen molar-refractivity contribution in [1.82, 2.24) is 0 Å². The molecule has 0 amide bonds. The summed E-state index contributed by atoms with van der Waals surface area (Å²) in [5.41, 5.74) is 1.59. The summed E-state index contributed by atoms with van der Waals surface area (Å²) < 4.78 is 22.8. The van der Waals surface area contributed by atoms with Gasteiger partial charge in [0.15, 0.2) is 6.29 Å². The summed E-state index contributed by atoms with van der Waals surface area (Å²) in [6.45, 7) is 17.2. The molecule has 1 heterocycles. The van der Waals surface area contributed by atoms with E-state index in [1.54, 1.807) is 5.57 Å². The van der Waals surface area contributed by atoms with E-state index < -0.39 is 42.4 Å². The topological polar surface area (TPSA) is 135 Å². The third-order valence-electron chi connectivity index (χ3n) is 15.4. The van der Waals surface area contributed by atoms with Gasteiger partial charge >= 0.3 is 0 Å². The highest BCUT2D eigenvalue weighted by molar-refractivity contribution is 5.37. The van der Waals surface area contributed by atoms with Gasteiger partial charge in [-0.2, -0.15) is 0 Å². The quantitative estimate of drug-likeness (QED) is 0.238. The van der Waals surface area contributed by atoms with E-state index in [9.17, 15) is 25.2 Å². The predicted molar refractivity (Wildman–Crippen MR) is 171 cm³/mol. The summed E-state index contributed by atoms with van der Waals surface area (Å²) in [6, 6.07) is 0. The molecule has 0 spiro atoms. The van der Waals surface area contributed by atoms with Crippen molar-refractivity contribution in [2.24, 2.45) is 50.2 Å². The number of carbonyl (C=O) groups is 1. The molecule has 5 fully saturated rings. The maximum atomic E-state index is 11.6. The van der Waals surface area contributed by atoms with Gasteiger partial charge in [-0.05, 0) is 97.2 Å². The zero-order valence-corrected chi connectivity index (χ0v) is 29.3. The SMILES string of the molecule is CO[C@@H]1CC(C)(C)CC2C3=CCC4[C@@]5(C)CC[C@H](O)[C@](C)(COC6OC(OC=O)C(O)C(O)C6O)C5CC[C@@]4(C)[C@]3(C)CC[C@]21C.